The molecule has 1 N–H and O–H groups in total. The molecule has 0 aromatic carbocycles. The molecule has 0 aliphatic carbocycles. The van der Waals surface area contributed by atoms with Gasteiger partial charge in [0.25, 0.3) is 0 Å². The highest BCUT2D eigenvalue weighted by atomic mass is 16.1. The average Bonchev–Trinajstić information content (AvgIpc) is 2.30. The van der Waals surface area contributed by atoms with Gasteiger partial charge in [-0.25, -0.2) is 4.98 Å². The molecule has 0 bridgehead atoms. The highest BCUT2D eigenvalue weighted by Crippen LogP contribution is 2.17. The summed E-state index contributed by atoms with van der Waals surface area (Å²) in [6.07, 6.45) is 1.74. The van der Waals surface area contributed by atoms with Gasteiger partial charge in [0.15, 0.2) is 5.78 Å². The van der Waals surface area contributed by atoms with Crippen molar-refractivity contribution in [3.8, 4) is 0 Å². The van der Waals surface area contributed by atoms with Crippen LogP contribution in [0.2, 0.25) is 0 Å². The summed E-state index contributed by atoms with van der Waals surface area (Å²) in [7, 11) is 0. The fourth-order valence-corrected chi connectivity index (χ4v) is 1.80. The molecular weight excluding hydrogens is 190 g/mol. The highest BCUT2D eigenvalue weighted by Gasteiger charge is 2.16. The molecule has 0 saturated carbocycles. The van der Waals surface area contributed by atoms with Gasteiger partial charge in [-0.15, -0.1) is 0 Å². The number of hydrogen-bond acceptors (Lipinski definition) is 4. The molecule has 1 saturated heterocycles. The van der Waals surface area contributed by atoms with E-state index in [2.05, 4.69) is 15.2 Å². The molecule has 1 aromatic heterocycles. The number of nitrogens with one attached hydrogen (secondary N) is 1. The lowest BCUT2D eigenvalue weighted by molar-refractivity contribution is 0.101. The largest absolute Gasteiger partial charge is 0.353 e. The minimum Gasteiger partial charge on any atom is -0.353 e. The molecule has 4 heteroatoms. The summed E-state index contributed by atoms with van der Waals surface area (Å²) in [6.45, 7) is 5.32. The van der Waals surface area contributed by atoms with E-state index in [9.17, 15) is 4.79 Å². The molecule has 0 atom stereocenters. The van der Waals surface area contributed by atoms with Crippen LogP contribution in [0.15, 0.2) is 18.3 Å². The molecule has 1 aliphatic rings. The first-order valence-corrected chi connectivity index (χ1v) is 5.20. The van der Waals surface area contributed by atoms with Gasteiger partial charge in [0.2, 0.25) is 0 Å². The van der Waals surface area contributed by atoms with Crippen LogP contribution < -0.4 is 10.2 Å². The summed E-state index contributed by atoms with van der Waals surface area (Å²) in [6, 6.07) is 3.65. The fraction of sp³-hybridized carbons (Fsp3) is 0.455. The highest BCUT2D eigenvalue weighted by molar-refractivity contribution is 5.98. The van der Waals surface area contributed by atoms with Crippen LogP contribution in [0.5, 0.6) is 0 Å². The predicted molar refractivity (Wildman–Crippen MR) is 59.3 cm³/mol. The lowest BCUT2D eigenvalue weighted by Gasteiger charge is -2.29. The molecule has 0 spiro atoms. The summed E-state index contributed by atoms with van der Waals surface area (Å²) in [5, 5.41) is 3.28. The number of aromatic nitrogens is 1. The Morgan fingerprint density at radius 3 is 2.87 bits per heavy atom. The van der Waals surface area contributed by atoms with Crippen LogP contribution in [0, 0.1) is 0 Å². The predicted octanol–water partition coefficient (Wildman–Crippen LogP) is 0.694. The number of carbonyl (C=O) groups excluding carboxylic acids is 1. The van der Waals surface area contributed by atoms with Crippen molar-refractivity contribution < 1.29 is 4.79 Å². The topological polar surface area (TPSA) is 45.2 Å². The molecule has 0 amide bonds. The molecule has 80 valence electrons. The molecule has 4 nitrogen and oxygen atoms in total. The Balaban J connectivity index is 2.29. The second-order valence-electron chi connectivity index (χ2n) is 3.67. The van der Waals surface area contributed by atoms with E-state index in [1.165, 1.54) is 0 Å². The molecule has 15 heavy (non-hydrogen) atoms. The van der Waals surface area contributed by atoms with Crippen LogP contribution in [-0.2, 0) is 0 Å². The zero-order valence-electron chi connectivity index (χ0n) is 8.86. The van der Waals surface area contributed by atoms with E-state index in [1.807, 2.05) is 12.1 Å². The molecule has 2 rings (SSSR count). The van der Waals surface area contributed by atoms with Crippen LogP contribution in [0.3, 0.4) is 0 Å². The van der Waals surface area contributed by atoms with Gasteiger partial charge in [0, 0.05) is 32.4 Å². The number of rotatable bonds is 2. The molecular formula is C11H15N3O. The lowest BCUT2D eigenvalue weighted by atomic mass is 10.1. The third-order valence-electron chi connectivity index (χ3n) is 2.58. The van der Waals surface area contributed by atoms with Crippen LogP contribution in [-0.4, -0.2) is 36.9 Å². The number of ketones is 1. The third kappa shape index (κ3) is 2.15. The first-order chi connectivity index (χ1) is 7.29. The summed E-state index contributed by atoms with van der Waals surface area (Å²) >= 11 is 0. The van der Waals surface area contributed by atoms with E-state index in [0.717, 1.165) is 37.6 Å². The fourth-order valence-electron chi connectivity index (χ4n) is 1.80. The number of nitrogens with zero attached hydrogens (tertiary/aromatic N) is 2. The van der Waals surface area contributed by atoms with Crippen molar-refractivity contribution in [2.24, 2.45) is 0 Å². The Morgan fingerprint density at radius 2 is 2.20 bits per heavy atom. The Kier molecular flexibility index (Phi) is 2.97. The van der Waals surface area contributed by atoms with Crippen molar-refractivity contribution in [1.29, 1.82) is 0 Å². The average molecular weight is 205 g/mol. The number of anilines is 1. The van der Waals surface area contributed by atoms with Gasteiger partial charge >= 0.3 is 0 Å². The van der Waals surface area contributed by atoms with Gasteiger partial charge in [-0.3, -0.25) is 4.79 Å². The first-order valence-electron chi connectivity index (χ1n) is 5.20. The summed E-state index contributed by atoms with van der Waals surface area (Å²) in [5.74, 6) is 0.906. The zero-order chi connectivity index (χ0) is 10.7. The molecule has 1 aliphatic heterocycles. The van der Waals surface area contributed by atoms with Gasteiger partial charge in [0.1, 0.15) is 5.82 Å². The molecule has 0 radical (unpaired) electrons. The quantitative estimate of drug-likeness (QED) is 0.722. The Hall–Kier alpha value is -1.42. The van der Waals surface area contributed by atoms with Crippen molar-refractivity contribution in [2.75, 3.05) is 31.1 Å². The van der Waals surface area contributed by atoms with Gasteiger partial charge in [0.05, 0.1) is 5.56 Å². The van der Waals surface area contributed by atoms with Crippen LogP contribution >= 0.6 is 0 Å². The number of carbonyl (C=O) groups is 1. The second-order valence-corrected chi connectivity index (χ2v) is 3.67. The summed E-state index contributed by atoms with van der Waals surface area (Å²) < 4.78 is 0. The number of pyridine rings is 1. The third-order valence-corrected chi connectivity index (χ3v) is 2.58. The summed E-state index contributed by atoms with van der Waals surface area (Å²) in [5.41, 5.74) is 0.722. The Morgan fingerprint density at radius 1 is 1.47 bits per heavy atom. The van der Waals surface area contributed by atoms with E-state index in [0.29, 0.717) is 0 Å². The van der Waals surface area contributed by atoms with Crippen LogP contribution in [0.1, 0.15) is 17.3 Å². The standard InChI is InChI=1S/C11H15N3O/c1-9(15)10-3-2-4-13-11(10)14-7-5-12-6-8-14/h2-4,12H,5-8H2,1H3. The first kappa shape index (κ1) is 10.1. The number of hydrogen-bond donors (Lipinski definition) is 1. The Bertz CT molecular complexity index is 359. The maximum Gasteiger partial charge on any atom is 0.163 e. The van der Waals surface area contributed by atoms with E-state index < -0.39 is 0 Å². The van der Waals surface area contributed by atoms with Crippen LogP contribution in [0.25, 0.3) is 0 Å². The minimum absolute atomic E-state index is 0.0802. The SMILES string of the molecule is CC(=O)c1cccnc1N1CCNCC1. The maximum absolute atomic E-state index is 11.4. The molecule has 0 unspecified atom stereocenters. The molecule has 1 fully saturated rings. The van der Waals surface area contributed by atoms with E-state index in [1.54, 1.807) is 13.1 Å². The number of Topliss-reactive ketones (excluding diaryl/α,β-unsaturated/α-hetero) is 1. The minimum atomic E-state index is 0.0802. The van der Waals surface area contributed by atoms with Gasteiger partial charge in [-0.1, -0.05) is 0 Å². The monoisotopic (exact) mass is 205 g/mol. The van der Waals surface area contributed by atoms with Crippen molar-refractivity contribution >= 4 is 11.6 Å². The summed E-state index contributed by atoms with van der Waals surface area (Å²) in [4.78, 5) is 17.9. The van der Waals surface area contributed by atoms with Gasteiger partial charge < -0.3 is 10.2 Å². The second kappa shape index (κ2) is 4.40. The molecule has 1 aromatic rings. The normalized spacial score (nSPS) is 16.5. The van der Waals surface area contributed by atoms with Gasteiger partial charge in [-0.2, -0.15) is 0 Å². The number of piperazine rings is 1. The van der Waals surface area contributed by atoms with Gasteiger partial charge in [-0.05, 0) is 19.1 Å². The maximum atomic E-state index is 11.4. The van der Waals surface area contributed by atoms with Crippen molar-refractivity contribution in [2.45, 2.75) is 6.92 Å². The smallest absolute Gasteiger partial charge is 0.163 e. The van der Waals surface area contributed by atoms with Crippen LogP contribution in [0.4, 0.5) is 5.82 Å². The van der Waals surface area contributed by atoms with E-state index in [-0.39, 0.29) is 5.78 Å². The lowest BCUT2D eigenvalue weighted by Crippen LogP contribution is -2.44. The van der Waals surface area contributed by atoms with Crippen molar-refractivity contribution in [3.63, 3.8) is 0 Å². The van der Waals surface area contributed by atoms with Crippen molar-refractivity contribution in [1.82, 2.24) is 10.3 Å². The van der Waals surface area contributed by atoms with E-state index in [4.69, 9.17) is 0 Å². The zero-order valence-corrected chi connectivity index (χ0v) is 8.86. The van der Waals surface area contributed by atoms with E-state index >= 15 is 0 Å². The Labute approximate surface area is 89.3 Å². The van der Waals surface area contributed by atoms with Crippen molar-refractivity contribution in [3.05, 3.63) is 23.9 Å². The molecule has 2 heterocycles.